The fourth-order valence-electron chi connectivity index (χ4n) is 15.0. The highest BCUT2D eigenvalue weighted by atomic mass is 16.5. The molecule has 1 heterocycles. The summed E-state index contributed by atoms with van der Waals surface area (Å²) in [6.07, 6.45) is 12.7. The average Bonchev–Trinajstić information content (AvgIpc) is 3.71. The molecule has 0 bridgehead atoms. The van der Waals surface area contributed by atoms with Gasteiger partial charge in [-0.25, -0.2) is 4.98 Å². The predicted octanol–water partition coefficient (Wildman–Crippen LogP) is 9.83. The lowest BCUT2D eigenvalue weighted by Crippen LogP contribution is -2.66. The number of nitrogens with one attached hydrogen (secondary N) is 1. The molecule has 2 N–H and O–H groups in total. The quantitative estimate of drug-likeness (QED) is 0.242. The van der Waals surface area contributed by atoms with Gasteiger partial charge in [-0.3, -0.25) is 19.2 Å². The third-order valence-electron chi connectivity index (χ3n) is 18.6. The molecule has 5 fully saturated rings. The second-order valence-corrected chi connectivity index (χ2v) is 22.3. The van der Waals surface area contributed by atoms with Crippen LogP contribution in [0, 0.1) is 74.9 Å². The third-order valence-corrected chi connectivity index (χ3v) is 18.6. The summed E-state index contributed by atoms with van der Waals surface area (Å²) in [6, 6.07) is 8.21. The van der Waals surface area contributed by atoms with E-state index in [4.69, 9.17) is 4.74 Å². The molecule has 1 aromatic carbocycles. The number of hydrogen-bond acceptors (Lipinski definition) is 6. The molecule has 59 heavy (non-hydrogen) atoms. The molecule has 2 aromatic rings. The number of carboxylic acid groups (broad SMARTS) is 1. The Morgan fingerprint density at radius 1 is 0.881 bits per heavy atom. The molecule has 5 saturated carbocycles. The highest BCUT2D eigenvalue weighted by Gasteiger charge is 2.70. The van der Waals surface area contributed by atoms with E-state index < -0.39 is 22.7 Å². The van der Waals surface area contributed by atoms with Gasteiger partial charge in [-0.2, -0.15) is 0 Å². The highest BCUT2D eigenvalue weighted by Crippen LogP contribution is 2.77. The van der Waals surface area contributed by atoms with Gasteiger partial charge in [-0.1, -0.05) is 80.0 Å². The summed E-state index contributed by atoms with van der Waals surface area (Å²) < 4.78 is 8.42. The number of carbonyl (C=O) groups excluding carboxylic acids is 3. The van der Waals surface area contributed by atoms with Gasteiger partial charge in [0.2, 0.25) is 5.91 Å². The minimum Gasteiger partial charge on any atom is -0.481 e. The van der Waals surface area contributed by atoms with Crippen molar-refractivity contribution in [2.75, 3.05) is 0 Å². The number of esters is 1. The third kappa shape index (κ3) is 6.31. The van der Waals surface area contributed by atoms with E-state index >= 15 is 0 Å². The molecule has 0 saturated heterocycles. The van der Waals surface area contributed by atoms with E-state index in [2.05, 4.69) is 83.0 Å². The molecule has 9 nitrogen and oxygen atoms in total. The number of rotatable bonds is 9. The summed E-state index contributed by atoms with van der Waals surface area (Å²) in [6.45, 7) is 22.8. The lowest BCUT2D eigenvalue weighted by Gasteiger charge is -2.72. The van der Waals surface area contributed by atoms with Crippen LogP contribution in [-0.4, -0.2) is 44.4 Å². The SMILES string of the molecule is Cc1cn(-c2ccc(CNC(=O)C[C@@]34CC[C@]5(C)[C@H](CC[C@@H]6[C@@]7(C)CC[C@H](OC(=O)[C@H]8C[C@@H](C(=O)O)C8(C)C)C(C)(C)[C@@H]7CC[C@]65C)C3=C(C(C)C)C(=O)C4)cc2)cn1. The summed E-state index contributed by atoms with van der Waals surface area (Å²) in [5, 5.41) is 12.9. The number of hydrogen-bond donors (Lipinski definition) is 2. The molecular weight excluding hydrogens is 739 g/mol. The minimum absolute atomic E-state index is 0.0105. The van der Waals surface area contributed by atoms with Gasteiger partial charge in [0.05, 0.1) is 23.9 Å². The molecule has 9 heteroatoms. The first-order valence-electron chi connectivity index (χ1n) is 22.7. The number of allylic oxidation sites excluding steroid dienone is 2. The fraction of sp³-hybridized carbons (Fsp3) is 0.700. The van der Waals surface area contributed by atoms with Crippen molar-refractivity contribution in [3.63, 3.8) is 0 Å². The van der Waals surface area contributed by atoms with E-state index in [0.29, 0.717) is 37.6 Å². The Labute approximate surface area is 351 Å². The Balaban J connectivity index is 0.999. The Morgan fingerprint density at radius 3 is 2.22 bits per heavy atom. The summed E-state index contributed by atoms with van der Waals surface area (Å²) in [5.41, 5.74) is 4.22. The van der Waals surface area contributed by atoms with E-state index in [0.717, 1.165) is 73.9 Å². The van der Waals surface area contributed by atoms with Crippen molar-refractivity contribution in [1.82, 2.24) is 14.9 Å². The second kappa shape index (κ2) is 14.2. The minimum atomic E-state index is -0.831. The first-order valence-corrected chi connectivity index (χ1v) is 22.7. The van der Waals surface area contributed by atoms with E-state index in [1.54, 1.807) is 0 Å². The number of amides is 1. The lowest BCUT2D eigenvalue weighted by atomic mass is 9.33. The number of carbonyl (C=O) groups is 4. The number of ketones is 1. The lowest BCUT2D eigenvalue weighted by molar-refractivity contribution is -0.236. The van der Waals surface area contributed by atoms with Crippen molar-refractivity contribution >= 4 is 23.6 Å². The van der Waals surface area contributed by atoms with Crippen LogP contribution in [0.25, 0.3) is 5.69 Å². The summed E-state index contributed by atoms with van der Waals surface area (Å²) in [4.78, 5) is 57.9. The number of aliphatic carboxylic acids is 1. The van der Waals surface area contributed by atoms with Crippen LogP contribution in [0.1, 0.15) is 144 Å². The zero-order valence-electron chi connectivity index (χ0n) is 37.4. The normalized spacial score (nSPS) is 38.1. The fourth-order valence-corrected chi connectivity index (χ4v) is 15.0. The summed E-state index contributed by atoms with van der Waals surface area (Å²) in [5.74, 6) is -0.428. The Bertz CT molecular complexity index is 2080. The number of ether oxygens (including phenoxy) is 1. The maximum Gasteiger partial charge on any atom is 0.309 e. The molecule has 0 aliphatic heterocycles. The van der Waals surface area contributed by atoms with Gasteiger partial charge >= 0.3 is 11.9 Å². The molecule has 0 spiro atoms. The van der Waals surface area contributed by atoms with Gasteiger partial charge in [0.15, 0.2) is 5.78 Å². The average molecular weight is 808 g/mol. The van der Waals surface area contributed by atoms with Gasteiger partial charge in [0.25, 0.3) is 0 Å². The Hall–Kier alpha value is -3.75. The van der Waals surface area contributed by atoms with E-state index in [-0.39, 0.29) is 63.2 Å². The van der Waals surface area contributed by atoms with Crippen LogP contribution in [0.15, 0.2) is 47.9 Å². The van der Waals surface area contributed by atoms with Crippen LogP contribution in [-0.2, 0) is 30.5 Å². The van der Waals surface area contributed by atoms with Gasteiger partial charge < -0.3 is 19.7 Å². The maximum atomic E-state index is 14.1. The number of fused-ring (bicyclic) bond motifs is 7. The molecule has 6 aliphatic rings. The first-order chi connectivity index (χ1) is 27.6. The molecule has 1 aromatic heterocycles. The molecule has 0 unspecified atom stereocenters. The predicted molar refractivity (Wildman–Crippen MR) is 227 cm³/mol. The van der Waals surface area contributed by atoms with Crippen LogP contribution in [0.5, 0.6) is 0 Å². The van der Waals surface area contributed by atoms with Crippen LogP contribution in [0.2, 0.25) is 0 Å². The number of imidazole rings is 1. The topological polar surface area (TPSA) is 128 Å². The van der Waals surface area contributed by atoms with Crippen LogP contribution in [0.4, 0.5) is 0 Å². The molecule has 0 radical (unpaired) electrons. The largest absolute Gasteiger partial charge is 0.481 e. The number of Topliss-reactive ketones (excluding diaryl/α,β-unsaturated/α-hetero) is 1. The number of aryl methyl sites for hydroxylation is 1. The van der Waals surface area contributed by atoms with Crippen molar-refractivity contribution in [3.05, 3.63) is 59.2 Å². The van der Waals surface area contributed by atoms with Gasteiger partial charge in [0.1, 0.15) is 6.10 Å². The highest BCUT2D eigenvalue weighted by molar-refractivity contribution is 6.01. The molecule has 1 amide bonds. The standard InChI is InChI=1S/C50H69N3O6/c1-29(2)41-36(54)24-50(25-40(55)51-26-31-11-13-32(14-12-31)53-27-30(3)52-28-53)22-21-48(9)33(42(41)50)15-16-38-47(8)19-18-39(46(6,7)37(47)17-20-49(38,48)10)59-44(58)35-23-34(43(56)57)45(35,4)5/h11-14,27-29,33-35,37-39H,15-26H2,1-10H3,(H,51,55)(H,56,57)/t33-,34+,35-,37+,38-,39+,47+,48-,49-,50+/m1/s1. The monoisotopic (exact) mass is 808 g/mol. The summed E-state index contributed by atoms with van der Waals surface area (Å²) in [7, 11) is 0. The Morgan fingerprint density at radius 2 is 1.59 bits per heavy atom. The maximum absolute atomic E-state index is 14.1. The van der Waals surface area contributed by atoms with Crippen molar-refractivity contribution in [3.8, 4) is 5.69 Å². The number of carboxylic acids is 1. The zero-order chi connectivity index (χ0) is 42.7. The van der Waals surface area contributed by atoms with Crippen LogP contribution in [0.3, 0.4) is 0 Å². The molecular formula is C50H69N3O6. The number of benzene rings is 1. The van der Waals surface area contributed by atoms with Gasteiger partial charge in [-0.15, -0.1) is 0 Å². The van der Waals surface area contributed by atoms with Crippen LogP contribution >= 0.6 is 0 Å². The van der Waals surface area contributed by atoms with E-state index in [9.17, 15) is 24.3 Å². The number of aromatic nitrogens is 2. The van der Waals surface area contributed by atoms with Gasteiger partial charge in [0, 0.05) is 42.1 Å². The molecule has 8 rings (SSSR count). The van der Waals surface area contributed by atoms with Crippen molar-refractivity contribution in [2.45, 2.75) is 153 Å². The van der Waals surface area contributed by atoms with Crippen molar-refractivity contribution in [1.29, 1.82) is 0 Å². The smallest absolute Gasteiger partial charge is 0.309 e. The Kier molecular flexibility index (Phi) is 10.1. The van der Waals surface area contributed by atoms with E-state index in [1.807, 2.05) is 37.9 Å². The molecule has 10 atom stereocenters. The van der Waals surface area contributed by atoms with Crippen LogP contribution < -0.4 is 5.32 Å². The van der Waals surface area contributed by atoms with Gasteiger partial charge in [-0.05, 0) is 133 Å². The van der Waals surface area contributed by atoms with Crippen molar-refractivity contribution in [2.24, 2.45) is 68.0 Å². The first kappa shape index (κ1) is 42.0. The zero-order valence-corrected chi connectivity index (χ0v) is 37.4. The second-order valence-electron chi connectivity index (χ2n) is 22.3. The molecule has 320 valence electrons. The van der Waals surface area contributed by atoms with E-state index in [1.165, 1.54) is 5.57 Å². The number of nitrogens with zero attached hydrogens (tertiary/aromatic N) is 2. The molecule has 6 aliphatic carbocycles. The summed E-state index contributed by atoms with van der Waals surface area (Å²) >= 11 is 0. The van der Waals surface area contributed by atoms with Crippen molar-refractivity contribution < 1.29 is 29.0 Å².